The number of benzene rings is 1. The van der Waals surface area contributed by atoms with Gasteiger partial charge in [-0.25, -0.2) is 0 Å². The highest BCUT2D eigenvalue weighted by Gasteiger charge is 2.17. The Kier molecular flexibility index (Phi) is 6.22. The maximum absolute atomic E-state index is 11.5. The van der Waals surface area contributed by atoms with Gasteiger partial charge in [-0.3, -0.25) is 4.79 Å². The third kappa shape index (κ3) is 4.35. The number of hydrogen-bond donors (Lipinski definition) is 1. The Morgan fingerprint density at radius 3 is 2.67 bits per heavy atom. The van der Waals surface area contributed by atoms with Crippen molar-refractivity contribution in [2.45, 2.75) is 31.7 Å². The van der Waals surface area contributed by atoms with E-state index in [-0.39, 0.29) is 12.0 Å². The zero-order valence-electron chi connectivity index (χ0n) is 11.4. The molecule has 0 aliphatic rings. The molecule has 0 saturated heterocycles. The second kappa shape index (κ2) is 7.44. The monoisotopic (exact) mass is 267 g/mol. The summed E-state index contributed by atoms with van der Waals surface area (Å²) >= 11 is 1.67. The molecule has 0 spiro atoms. The van der Waals surface area contributed by atoms with E-state index in [1.165, 1.54) is 23.1 Å². The molecule has 1 N–H and O–H groups in total. The Labute approximate surface area is 113 Å². The summed E-state index contributed by atoms with van der Waals surface area (Å²) in [6, 6.07) is 6.11. The Balaban J connectivity index is 2.60. The van der Waals surface area contributed by atoms with Gasteiger partial charge in [-0.2, -0.15) is 0 Å². The van der Waals surface area contributed by atoms with Crippen LogP contribution in [0.2, 0.25) is 0 Å². The maximum atomic E-state index is 11.5. The van der Waals surface area contributed by atoms with E-state index >= 15 is 0 Å². The minimum absolute atomic E-state index is 0.201. The molecule has 0 amide bonds. The third-order valence-electron chi connectivity index (χ3n) is 2.83. The number of esters is 1. The fourth-order valence-electron chi connectivity index (χ4n) is 1.58. The summed E-state index contributed by atoms with van der Waals surface area (Å²) in [5, 5.41) is 3.13. The lowest BCUT2D eigenvalue weighted by Crippen LogP contribution is -2.39. The Bertz CT molecular complexity index is 407. The molecule has 1 atom stereocenters. The number of likely N-dealkylation sites (N-methyl/N-ethyl adjacent to an activating group) is 1. The molecule has 0 aliphatic heterocycles. The topological polar surface area (TPSA) is 38.3 Å². The molecule has 18 heavy (non-hydrogen) atoms. The van der Waals surface area contributed by atoms with Gasteiger partial charge in [0.1, 0.15) is 6.04 Å². The van der Waals surface area contributed by atoms with E-state index in [2.05, 4.69) is 37.4 Å². The van der Waals surface area contributed by atoms with Gasteiger partial charge >= 0.3 is 5.97 Å². The highest BCUT2D eigenvalue weighted by atomic mass is 32.2. The van der Waals surface area contributed by atoms with Crippen molar-refractivity contribution in [1.82, 2.24) is 5.32 Å². The van der Waals surface area contributed by atoms with Gasteiger partial charge in [-0.05, 0) is 43.7 Å². The van der Waals surface area contributed by atoms with Crippen LogP contribution < -0.4 is 5.32 Å². The molecule has 1 rings (SSSR count). The third-order valence-corrected chi connectivity index (χ3v) is 3.92. The first-order valence-electron chi connectivity index (χ1n) is 6.09. The molecule has 1 unspecified atom stereocenters. The lowest BCUT2D eigenvalue weighted by molar-refractivity contribution is -0.142. The van der Waals surface area contributed by atoms with Crippen LogP contribution in [0.15, 0.2) is 23.1 Å². The summed E-state index contributed by atoms with van der Waals surface area (Å²) in [6.07, 6.45) is 0. The molecule has 0 bridgehead atoms. The van der Waals surface area contributed by atoms with Crippen LogP contribution in [0.3, 0.4) is 0 Å². The minimum Gasteiger partial charge on any atom is -0.468 e. The molecule has 1 aromatic carbocycles. The number of rotatable bonds is 6. The quantitative estimate of drug-likeness (QED) is 0.635. The lowest BCUT2D eigenvalue weighted by atomic mass is 10.1. The number of methoxy groups -OCH3 is 1. The number of thioether (sulfide) groups is 1. The first-order valence-corrected chi connectivity index (χ1v) is 7.08. The standard InChI is InChI=1S/C14H21NO2S/c1-5-15-13(14(16)17-4)9-18-12-7-6-10(2)11(3)8-12/h6-8,13,15H,5,9H2,1-4H3. The van der Waals surface area contributed by atoms with Crippen molar-refractivity contribution >= 4 is 17.7 Å². The SMILES string of the molecule is CCNC(CSc1ccc(C)c(C)c1)C(=O)OC. The van der Waals surface area contributed by atoms with Crippen LogP contribution in [0.25, 0.3) is 0 Å². The predicted molar refractivity (Wildman–Crippen MR) is 76.1 cm³/mol. The molecule has 0 heterocycles. The van der Waals surface area contributed by atoms with E-state index in [9.17, 15) is 4.79 Å². The molecule has 0 aromatic heterocycles. The van der Waals surface area contributed by atoms with Gasteiger partial charge in [0.25, 0.3) is 0 Å². The summed E-state index contributed by atoms with van der Waals surface area (Å²) in [6.45, 7) is 6.94. The largest absolute Gasteiger partial charge is 0.468 e. The molecule has 0 saturated carbocycles. The van der Waals surface area contributed by atoms with Crippen molar-refractivity contribution in [2.24, 2.45) is 0 Å². The Morgan fingerprint density at radius 2 is 2.11 bits per heavy atom. The van der Waals surface area contributed by atoms with Gasteiger partial charge in [-0.15, -0.1) is 11.8 Å². The van der Waals surface area contributed by atoms with Gasteiger partial charge in [0.2, 0.25) is 0 Å². The first-order chi connectivity index (χ1) is 8.58. The molecular formula is C14H21NO2S. The number of ether oxygens (including phenoxy) is 1. The van der Waals surface area contributed by atoms with Crippen LogP contribution in [-0.4, -0.2) is 31.4 Å². The van der Waals surface area contributed by atoms with Crippen LogP contribution in [0.5, 0.6) is 0 Å². The zero-order chi connectivity index (χ0) is 13.5. The summed E-state index contributed by atoms with van der Waals surface area (Å²) in [7, 11) is 1.42. The van der Waals surface area contributed by atoms with Crippen LogP contribution in [0.4, 0.5) is 0 Å². The van der Waals surface area contributed by atoms with Crippen molar-refractivity contribution in [1.29, 1.82) is 0 Å². The maximum Gasteiger partial charge on any atom is 0.323 e. The fraction of sp³-hybridized carbons (Fsp3) is 0.500. The predicted octanol–water partition coefficient (Wildman–Crippen LogP) is 2.55. The average molecular weight is 267 g/mol. The number of carbonyl (C=O) groups excluding carboxylic acids is 1. The van der Waals surface area contributed by atoms with Crippen LogP contribution in [-0.2, 0) is 9.53 Å². The van der Waals surface area contributed by atoms with Crippen molar-refractivity contribution in [3.8, 4) is 0 Å². The van der Waals surface area contributed by atoms with Crippen LogP contribution in [0.1, 0.15) is 18.1 Å². The molecular weight excluding hydrogens is 246 g/mol. The van der Waals surface area contributed by atoms with Crippen molar-refractivity contribution in [3.63, 3.8) is 0 Å². The van der Waals surface area contributed by atoms with Crippen molar-refractivity contribution < 1.29 is 9.53 Å². The van der Waals surface area contributed by atoms with Gasteiger partial charge in [0.05, 0.1) is 7.11 Å². The van der Waals surface area contributed by atoms with Gasteiger partial charge in [0.15, 0.2) is 0 Å². The molecule has 4 heteroatoms. The summed E-state index contributed by atoms with van der Waals surface area (Å²) in [5.74, 6) is 0.483. The Morgan fingerprint density at radius 1 is 1.39 bits per heavy atom. The molecule has 3 nitrogen and oxygen atoms in total. The van der Waals surface area contributed by atoms with E-state index in [0.29, 0.717) is 5.75 Å². The summed E-state index contributed by atoms with van der Waals surface area (Å²) < 4.78 is 4.78. The Hall–Kier alpha value is -1.00. The summed E-state index contributed by atoms with van der Waals surface area (Å²) in [5.41, 5.74) is 2.56. The first kappa shape index (κ1) is 15.1. The van der Waals surface area contributed by atoms with Crippen molar-refractivity contribution in [3.05, 3.63) is 29.3 Å². The molecule has 100 valence electrons. The molecule has 0 aliphatic carbocycles. The zero-order valence-corrected chi connectivity index (χ0v) is 12.3. The highest BCUT2D eigenvalue weighted by Crippen LogP contribution is 2.21. The van der Waals surface area contributed by atoms with E-state index < -0.39 is 0 Å². The fourth-order valence-corrected chi connectivity index (χ4v) is 2.62. The van der Waals surface area contributed by atoms with Gasteiger partial charge < -0.3 is 10.1 Å². The summed E-state index contributed by atoms with van der Waals surface area (Å²) in [4.78, 5) is 12.7. The second-order valence-corrected chi connectivity index (χ2v) is 5.28. The second-order valence-electron chi connectivity index (χ2n) is 4.19. The minimum atomic E-state index is -0.244. The van der Waals surface area contributed by atoms with E-state index in [1.807, 2.05) is 6.92 Å². The normalized spacial score (nSPS) is 12.2. The lowest BCUT2D eigenvalue weighted by Gasteiger charge is -2.15. The number of aryl methyl sites for hydroxylation is 2. The van der Waals surface area contributed by atoms with Crippen LogP contribution >= 0.6 is 11.8 Å². The molecule has 0 radical (unpaired) electrons. The van der Waals surface area contributed by atoms with E-state index in [0.717, 1.165) is 6.54 Å². The molecule has 1 aromatic rings. The van der Waals surface area contributed by atoms with E-state index in [1.54, 1.807) is 11.8 Å². The van der Waals surface area contributed by atoms with Gasteiger partial charge in [0, 0.05) is 10.6 Å². The van der Waals surface area contributed by atoms with Gasteiger partial charge in [-0.1, -0.05) is 13.0 Å². The molecule has 0 fully saturated rings. The average Bonchev–Trinajstić information content (AvgIpc) is 2.37. The number of hydrogen-bond acceptors (Lipinski definition) is 4. The smallest absolute Gasteiger partial charge is 0.323 e. The number of nitrogens with one attached hydrogen (secondary N) is 1. The van der Waals surface area contributed by atoms with Crippen LogP contribution in [0, 0.1) is 13.8 Å². The number of carbonyl (C=O) groups is 1. The highest BCUT2D eigenvalue weighted by molar-refractivity contribution is 7.99. The van der Waals surface area contributed by atoms with Crippen molar-refractivity contribution in [2.75, 3.05) is 19.4 Å². The van der Waals surface area contributed by atoms with E-state index in [4.69, 9.17) is 4.74 Å².